The summed E-state index contributed by atoms with van der Waals surface area (Å²) in [6, 6.07) is 8.60. The van der Waals surface area contributed by atoms with Crippen LogP contribution < -0.4 is 5.73 Å². The molecule has 0 spiro atoms. The highest BCUT2D eigenvalue weighted by atomic mass is 32.2. The Balaban J connectivity index is 1.42. The number of piperazine rings is 1. The highest BCUT2D eigenvalue weighted by Gasteiger charge is 2.42. The molecule has 3 N–H and O–H groups in total. The van der Waals surface area contributed by atoms with Crippen LogP contribution in [0.1, 0.15) is 32.9 Å². The van der Waals surface area contributed by atoms with Gasteiger partial charge in [0.1, 0.15) is 6.04 Å². The van der Waals surface area contributed by atoms with Crippen LogP contribution in [-0.2, 0) is 32.5 Å². The molecule has 14 heteroatoms. The minimum atomic E-state index is -4.04. The summed E-state index contributed by atoms with van der Waals surface area (Å²) in [7, 11) is -2.03. The lowest BCUT2D eigenvalue weighted by atomic mass is 10.1. The molecule has 3 heterocycles. The molecule has 2 aliphatic rings. The smallest absolute Gasteiger partial charge is 0.330 e. The Labute approximate surface area is 235 Å². The molecule has 1 aromatic heterocycles. The Hall–Kier alpha value is -3.59. The number of rotatable bonds is 6. The predicted molar refractivity (Wildman–Crippen MR) is 149 cm³/mol. The van der Waals surface area contributed by atoms with Crippen LogP contribution in [0.4, 0.5) is 0 Å². The largest absolute Gasteiger partial charge is 0.464 e. The Morgan fingerprint density at radius 3 is 2.70 bits per heavy atom. The third-order valence-corrected chi connectivity index (χ3v) is 10.1. The van der Waals surface area contributed by atoms with Crippen molar-refractivity contribution in [2.75, 3.05) is 39.8 Å². The van der Waals surface area contributed by atoms with Crippen molar-refractivity contribution in [2.24, 2.45) is 10.9 Å². The van der Waals surface area contributed by atoms with Gasteiger partial charge in [-0.15, -0.1) is 11.3 Å². The summed E-state index contributed by atoms with van der Waals surface area (Å²) < 4.78 is 33.9. The number of fused-ring (bicyclic) bond motifs is 2. The molecule has 5 rings (SSSR count). The molecule has 1 unspecified atom stereocenters. The van der Waals surface area contributed by atoms with Crippen LogP contribution in [0.2, 0.25) is 0 Å². The number of esters is 1. The summed E-state index contributed by atoms with van der Waals surface area (Å²) in [5.41, 5.74) is 7.03. The van der Waals surface area contributed by atoms with Gasteiger partial charge in [0.2, 0.25) is 10.0 Å². The lowest BCUT2D eigenvalue weighted by Gasteiger charge is -2.38. The first-order valence-electron chi connectivity index (χ1n) is 12.8. The number of ether oxygens (including phenoxy) is 1. The van der Waals surface area contributed by atoms with Gasteiger partial charge in [0, 0.05) is 49.6 Å². The van der Waals surface area contributed by atoms with E-state index < -0.39 is 27.9 Å². The summed E-state index contributed by atoms with van der Waals surface area (Å²) >= 11 is 1.32. The summed E-state index contributed by atoms with van der Waals surface area (Å²) in [4.78, 5) is 35.7. The van der Waals surface area contributed by atoms with E-state index in [0.29, 0.717) is 22.5 Å². The molecule has 3 aromatic rings. The Bertz CT molecular complexity index is 1600. The highest BCUT2D eigenvalue weighted by Crippen LogP contribution is 2.29. The number of oxime groups is 1. The van der Waals surface area contributed by atoms with Crippen molar-refractivity contribution in [3.63, 3.8) is 0 Å². The van der Waals surface area contributed by atoms with Gasteiger partial charge in [-0.1, -0.05) is 23.4 Å². The van der Waals surface area contributed by atoms with Crippen LogP contribution in [0.5, 0.6) is 0 Å². The molecule has 1 atom stereocenters. The molecule has 1 fully saturated rings. The molecule has 2 aliphatic heterocycles. The van der Waals surface area contributed by atoms with Crippen molar-refractivity contribution in [1.82, 2.24) is 19.1 Å². The molecule has 1 amide bonds. The molecule has 12 nitrogen and oxygen atoms in total. The zero-order valence-corrected chi connectivity index (χ0v) is 23.7. The molecular formula is C26H30N6O6S2. The average Bonchev–Trinajstić information content (AvgIpc) is 3.38. The number of thiazole rings is 1. The third-order valence-electron chi connectivity index (χ3n) is 7.12. The number of amides is 1. The molecule has 0 radical (unpaired) electrons. The maximum Gasteiger partial charge on any atom is 0.330 e. The zero-order chi connectivity index (χ0) is 28.6. The van der Waals surface area contributed by atoms with Gasteiger partial charge >= 0.3 is 5.97 Å². The number of nitrogens with two attached hydrogens (primary N) is 1. The first-order chi connectivity index (χ1) is 19.1. The molecule has 2 aromatic carbocycles. The van der Waals surface area contributed by atoms with Crippen LogP contribution >= 0.6 is 11.3 Å². The molecular weight excluding hydrogens is 556 g/mol. The zero-order valence-electron chi connectivity index (χ0n) is 22.1. The summed E-state index contributed by atoms with van der Waals surface area (Å²) in [6.07, 6.45) is 0.746. The van der Waals surface area contributed by atoms with Gasteiger partial charge in [-0.2, -0.15) is 4.31 Å². The van der Waals surface area contributed by atoms with E-state index in [9.17, 15) is 18.0 Å². The van der Waals surface area contributed by atoms with Gasteiger partial charge in [0.25, 0.3) is 5.91 Å². The van der Waals surface area contributed by atoms with Gasteiger partial charge in [0.05, 0.1) is 17.2 Å². The van der Waals surface area contributed by atoms with Crippen molar-refractivity contribution in [1.29, 1.82) is 0 Å². The van der Waals surface area contributed by atoms with Crippen molar-refractivity contribution in [3.8, 4) is 0 Å². The van der Waals surface area contributed by atoms with Crippen molar-refractivity contribution >= 4 is 49.8 Å². The number of hydrogen-bond donors (Lipinski definition) is 2. The normalized spacial score (nSPS) is 19.0. The summed E-state index contributed by atoms with van der Waals surface area (Å²) in [5.74, 6) is -1.17. The van der Waals surface area contributed by atoms with E-state index in [2.05, 4.69) is 15.0 Å². The van der Waals surface area contributed by atoms with Gasteiger partial charge < -0.3 is 25.5 Å². The minimum Gasteiger partial charge on any atom is -0.464 e. The van der Waals surface area contributed by atoms with Crippen LogP contribution in [-0.4, -0.2) is 96.3 Å². The summed E-state index contributed by atoms with van der Waals surface area (Å²) in [5, 5.41) is 13.6. The van der Waals surface area contributed by atoms with E-state index in [1.807, 2.05) is 7.05 Å². The van der Waals surface area contributed by atoms with Gasteiger partial charge in [-0.3, -0.25) is 4.79 Å². The first-order valence-corrected chi connectivity index (χ1v) is 15.0. The van der Waals surface area contributed by atoms with E-state index in [1.165, 1.54) is 32.7 Å². The minimum absolute atomic E-state index is 0.000000777. The SMILES string of the molecule is CCOC(=O)C1CN(S(=O)(=O)c2ccc3ccc(C(N)=NO)cc3c2)CCN1C(=O)c1nc2c(s1)CN(C)CC2. The number of likely N-dealkylation sites (N-methyl/N-ethyl adjacent to an activating group) is 1. The molecule has 0 aliphatic carbocycles. The molecule has 40 heavy (non-hydrogen) atoms. The van der Waals surface area contributed by atoms with E-state index in [1.54, 1.807) is 31.2 Å². The predicted octanol–water partition coefficient (Wildman–Crippen LogP) is 1.46. The van der Waals surface area contributed by atoms with E-state index in [0.717, 1.165) is 28.9 Å². The first kappa shape index (κ1) is 28.0. The van der Waals surface area contributed by atoms with Crippen LogP contribution in [0.3, 0.4) is 0 Å². The second kappa shape index (κ2) is 11.1. The quantitative estimate of drug-likeness (QED) is 0.143. The van der Waals surface area contributed by atoms with E-state index in [-0.39, 0.29) is 37.0 Å². The number of nitrogens with zero attached hydrogens (tertiary/aromatic N) is 5. The number of amidine groups is 1. The maximum absolute atomic E-state index is 13.7. The van der Waals surface area contributed by atoms with Crippen molar-refractivity contribution < 1.29 is 28.0 Å². The van der Waals surface area contributed by atoms with Gasteiger partial charge in [-0.05, 0) is 42.9 Å². The molecule has 0 saturated carbocycles. The van der Waals surface area contributed by atoms with Gasteiger partial charge in [0.15, 0.2) is 10.8 Å². The standard InChI is InChI=1S/C26H30N6O6S2/c1-3-38-26(34)21-14-31(10-11-32(21)25(33)24-28-20-8-9-30(2)15-22(20)39-24)40(36,37)19-7-6-16-4-5-17(23(27)29-35)12-18(16)13-19/h4-7,12-13,21,35H,3,8-11,14-15H2,1-2H3,(H2,27,29). The Morgan fingerprint density at radius 1 is 1.18 bits per heavy atom. The number of sulfonamides is 1. The fraction of sp³-hybridized carbons (Fsp3) is 0.385. The molecule has 212 valence electrons. The Morgan fingerprint density at radius 2 is 1.95 bits per heavy atom. The second-order valence-corrected chi connectivity index (χ2v) is 12.7. The highest BCUT2D eigenvalue weighted by molar-refractivity contribution is 7.89. The second-order valence-electron chi connectivity index (χ2n) is 9.72. The molecule has 0 bridgehead atoms. The van der Waals surface area contributed by atoms with E-state index in [4.69, 9.17) is 15.7 Å². The lowest BCUT2D eigenvalue weighted by Crippen LogP contribution is -2.59. The Kier molecular flexibility index (Phi) is 7.77. The number of carbonyl (C=O) groups excluding carboxylic acids is 2. The number of benzene rings is 2. The van der Waals surface area contributed by atoms with Crippen molar-refractivity contribution in [3.05, 3.63) is 57.5 Å². The average molecular weight is 587 g/mol. The van der Waals surface area contributed by atoms with Gasteiger partial charge in [-0.25, -0.2) is 18.2 Å². The number of carbonyl (C=O) groups is 2. The topological polar surface area (TPSA) is 159 Å². The van der Waals surface area contributed by atoms with Crippen molar-refractivity contribution in [2.45, 2.75) is 30.8 Å². The number of aromatic nitrogens is 1. The monoisotopic (exact) mass is 586 g/mol. The number of hydrogen-bond acceptors (Lipinski definition) is 10. The fourth-order valence-corrected chi connectivity index (χ4v) is 7.57. The van der Waals surface area contributed by atoms with Crippen LogP contribution in [0.25, 0.3) is 10.8 Å². The maximum atomic E-state index is 13.7. The summed E-state index contributed by atoms with van der Waals surface area (Å²) in [6.45, 7) is 3.07. The fourth-order valence-electron chi connectivity index (χ4n) is 4.95. The van der Waals surface area contributed by atoms with Crippen LogP contribution in [0.15, 0.2) is 46.4 Å². The van der Waals surface area contributed by atoms with Crippen LogP contribution in [0, 0.1) is 0 Å². The third kappa shape index (κ3) is 5.27. The lowest BCUT2D eigenvalue weighted by molar-refractivity contribution is -0.149. The van der Waals surface area contributed by atoms with E-state index >= 15 is 0 Å². The molecule has 1 saturated heterocycles.